The first-order valence-corrected chi connectivity index (χ1v) is 11.0. The topological polar surface area (TPSA) is 102 Å². The Morgan fingerprint density at radius 2 is 1.73 bits per heavy atom. The number of halogens is 3. The summed E-state index contributed by atoms with van der Waals surface area (Å²) in [6.07, 6.45) is -1.02. The molecule has 2 atom stereocenters. The van der Waals surface area contributed by atoms with Crippen LogP contribution in [0, 0.1) is 5.82 Å². The van der Waals surface area contributed by atoms with Crippen LogP contribution in [0.25, 0.3) is 0 Å². The van der Waals surface area contributed by atoms with Gasteiger partial charge in [0, 0.05) is 5.69 Å². The number of hydrogen-bond acceptors (Lipinski definition) is 5. The molecule has 0 heterocycles. The van der Waals surface area contributed by atoms with Crippen molar-refractivity contribution in [3.8, 4) is 0 Å². The SMILES string of the molecule is CCC(OC(=O)[C@H](C)NS(=O)(=O)c1ccc(Cl)c(Cl)c1)C(=O)Nc1ccc(F)cc1. The monoisotopic (exact) mass is 476 g/mol. The maximum atomic E-state index is 13.0. The van der Waals surface area contributed by atoms with Gasteiger partial charge in [0.2, 0.25) is 10.0 Å². The van der Waals surface area contributed by atoms with Crippen LogP contribution < -0.4 is 10.0 Å². The maximum absolute atomic E-state index is 13.0. The number of carbonyl (C=O) groups excluding carboxylic acids is 2. The van der Waals surface area contributed by atoms with Gasteiger partial charge in [-0.15, -0.1) is 0 Å². The van der Waals surface area contributed by atoms with Crippen LogP contribution in [0.15, 0.2) is 47.4 Å². The second kappa shape index (κ2) is 10.2. The highest BCUT2D eigenvalue weighted by atomic mass is 35.5. The molecule has 0 aliphatic rings. The summed E-state index contributed by atoms with van der Waals surface area (Å²) in [5.74, 6) is -2.04. The minimum Gasteiger partial charge on any atom is -0.451 e. The van der Waals surface area contributed by atoms with E-state index in [1.54, 1.807) is 6.92 Å². The zero-order valence-corrected chi connectivity index (χ0v) is 18.3. The third-order valence-electron chi connectivity index (χ3n) is 3.92. The number of benzene rings is 2. The van der Waals surface area contributed by atoms with Crippen LogP contribution in [0.1, 0.15) is 20.3 Å². The Balaban J connectivity index is 2.02. The molecule has 0 saturated heterocycles. The summed E-state index contributed by atoms with van der Waals surface area (Å²) in [7, 11) is -4.09. The Hall–Kier alpha value is -2.20. The molecule has 1 amide bonds. The number of nitrogens with one attached hydrogen (secondary N) is 2. The number of amides is 1. The molecular formula is C19H19Cl2FN2O5S. The van der Waals surface area contributed by atoms with Crippen molar-refractivity contribution in [3.05, 3.63) is 58.3 Å². The molecule has 0 spiro atoms. The lowest BCUT2D eigenvalue weighted by atomic mass is 10.2. The molecule has 1 unspecified atom stereocenters. The molecule has 0 saturated carbocycles. The van der Waals surface area contributed by atoms with Gasteiger partial charge in [0.15, 0.2) is 6.10 Å². The van der Waals surface area contributed by atoms with Gasteiger partial charge in [0.1, 0.15) is 11.9 Å². The standard InChI is InChI=1S/C19H19Cl2FN2O5S/c1-3-17(18(25)23-13-6-4-12(22)5-7-13)29-19(26)11(2)24-30(27,28)14-8-9-15(20)16(21)10-14/h4-11,17,24H,3H2,1-2H3,(H,23,25)/t11-,17?/m0/s1. The highest BCUT2D eigenvalue weighted by Crippen LogP contribution is 2.25. The second-order valence-corrected chi connectivity index (χ2v) is 8.78. The fourth-order valence-corrected chi connectivity index (χ4v) is 3.89. The zero-order chi connectivity index (χ0) is 22.5. The summed E-state index contributed by atoms with van der Waals surface area (Å²) >= 11 is 11.6. The Bertz CT molecular complexity index is 1030. The van der Waals surface area contributed by atoms with Gasteiger partial charge in [0.05, 0.1) is 14.9 Å². The lowest BCUT2D eigenvalue weighted by Gasteiger charge is -2.19. The van der Waals surface area contributed by atoms with Gasteiger partial charge in [-0.05, 0) is 55.8 Å². The van der Waals surface area contributed by atoms with E-state index in [0.29, 0.717) is 5.69 Å². The summed E-state index contributed by atoms with van der Waals surface area (Å²) < 4.78 is 45.1. The number of hydrogen-bond donors (Lipinski definition) is 2. The molecule has 0 aliphatic heterocycles. The van der Waals surface area contributed by atoms with Gasteiger partial charge in [-0.3, -0.25) is 9.59 Å². The van der Waals surface area contributed by atoms with Crippen molar-refractivity contribution in [2.45, 2.75) is 37.3 Å². The van der Waals surface area contributed by atoms with E-state index in [1.165, 1.54) is 43.3 Å². The van der Waals surface area contributed by atoms with Crippen LogP contribution in [0.4, 0.5) is 10.1 Å². The van der Waals surface area contributed by atoms with Gasteiger partial charge in [0.25, 0.3) is 5.91 Å². The Morgan fingerprint density at radius 1 is 1.10 bits per heavy atom. The molecule has 2 aromatic rings. The molecule has 7 nitrogen and oxygen atoms in total. The fourth-order valence-electron chi connectivity index (χ4n) is 2.31. The first-order valence-electron chi connectivity index (χ1n) is 8.77. The zero-order valence-electron chi connectivity index (χ0n) is 16.0. The van der Waals surface area contributed by atoms with Crippen molar-refractivity contribution < 1.29 is 27.1 Å². The lowest BCUT2D eigenvalue weighted by Crippen LogP contribution is -2.42. The van der Waals surface area contributed by atoms with E-state index in [2.05, 4.69) is 10.0 Å². The highest BCUT2D eigenvalue weighted by molar-refractivity contribution is 7.89. The van der Waals surface area contributed by atoms with E-state index >= 15 is 0 Å². The molecule has 162 valence electrons. The quantitative estimate of drug-likeness (QED) is 0.564. The summed E-state index contributed by atoms with van der Waals surface area (Å²) in [6, 6.07) is 7.47. The van der Waals surface area contributed by atoms with Crippen LogP contribution in [0.3, 0.4) is 0 Å². The van der Waals surface area contributed by atoms with Gasteiger partial charge in [-0.2, -0.15) is 4.72 Å². The first kappa shape index (κ1) is 24.1. The predicted molar refractivity (Wildman–Crippen MR) is 111 cm³/mol. The van der Waals surface area contributed by atoms with Crippen molar-refractivity contribution in [2.24, 2.45) is 0 Å². The smallest absolute Gasteiger partial charge is 0.324 e. The molecule has 0 aromatic heterocycles. The summed E-state index contributed by atoms with van der Waals surface area (Å²) in [6.45, 7) is 2.90. The molecular weight excluding hydrogens is 458 g/mol. The van der Waals surface area contributed by atoms with Crippen molar-refractivity contribution >= 4 is 50.8 Å². The molecule has 0 aliphatic carbocycles. The van der Waals surface area contributed by atoms with Crippen molar-refractivity contribution in [1.29, 1.82) is 0 Å². The molecule has 0 fully saturated rings. The third-order valence-corrected chi connectivity index (χ3v) is 6.20. The fraction of sp³-hybridized carbons (Fsp3) is 0.263. The van der Waals surface area contributed by atoms with Crippen LogP contribution >= 0.6 is 23.2 Å². The number of esters is 1. The minimum absolute atomic E-state index is 0.0401. The highest BCUT2D eigenvalue weighted by Gasteiger charge is 2.28. The first-order chi connectivity index (χ1) is 14.0. The summed E-state index contributed by atoms with van der Waals surface area (Å²) in [5, 5.41) is 2.72. The van der Waals surface area contributed by atoms with Crippen LogP contribution in [-0.2, 0) is 24.3 Å². The molecule has 0 radical (unpaired) electrons. The molecule has 2 N–H and O–H groups in total. The summed E-state index contributed by atoms with van der Waals surface area (Å²) in [5.41, 5.74) is 0.323. The molecule has 2 rings (SSSR count). The summed E-state index contributed by atoms with van der Waals surface area (Å²) in [4.78, 5) is 24.5. The van der Waals surface area contributed by atoms with Crippen LogP contribution in [0.5, 0.6) is 0 Å². The van der Waals surface area contributed by atoms with Crippen molar-refractivity contribution in [1.82, 2.24) is 4.72 Å². The molecule has 30 heavy (non-hydrogen) atoms. The average molecular weight is 477 g/mol. The number of rotatable bonds is 8. The van der Waals surface area contributed by atoms with E-state index < -0.39 is 39.9 Å². The number of carbonyl (C=O) groups is 2. The van der Waals surface area contributed by atoms with E-state index in [0.717, 1.165) is 6.07 Å². The van der Waals surface area contributed by atoms with Gasteiger partial charge < -0.3 is 10.1 Å². The van der Waals surface area contributed by atoms with Crippen molar-refractivity contribution in [3.63, 3.8) is 0 Å². The number of sulfonamides is 1. The average Bonchev–Trinajstić information content (AvgIpc) is 2.69. The van der Waals surface area contributed by atoms with E-state index in [1.807, 2.05) is 0 Å². The Morgan fingerprint density at radius 3 is 2.30 bits per heavy atom. The largest absolute Gasteiger partial charge is 0.451 e. The van der Waals surface area contributed by atoms with E-state index in [-0.39, 0.29) is 21.4 Å². The molecule has 2 aromatic carbocycles. The van der Waals surface area contributed by atoms with Gasteiger partial charge in [-0.1, -0.05) is 30.1 Å². The normalized spacial score (nSPS) is 13.4. The molecule has 11 heteroatoms. The maximum Gasteiger partial charge on any atom is 0.324 e. The predicted octanol–water partition coefficient (Wildman–Crippen LogP) is 3.76. The number of ether oxygens (including phenoxy) is 1. The van der Waals surface area contributed by atoms with Crippen LogP contribution in [0.2, 0.25) is 10.0 Å². The second-order valence-electron chi connectivity index (χ2n) is 6.25. The number of anilines is 1. The molecule has 0 bridgehead atoms. The van der Waals surface area contributed by atoms with E-state index in [9.17, 15) is 22.4 Å². The lowest BCUT2D eigenvalue weighted by molar-refractivity contribution is -0.155. The van der Waals surface area contributed by atoms with Crippen molar-refractivity contribution in [2.75, 3.05) is 5.32 Å². The van der Waals surface area contributed by atoms with Gasteiger partial charge in [-0.25, -0.2) is 12.8 Å². The van der Waals surface area contributed by atoms with Crippen LogP contribution in [-0.4, -0.2) is 32.4 Å². The Kier molecular flexibility index (Phi) is 8.19. The van der Waals surface area contributed by atoms with E-state index in [4.69, 9.17) is 27.9 Å². The third kappa shape index (κ3) is 6.40. The van der Waals surface area contributed by atoms with Gasteiger partial charge >= 0.3 is 5.97 Å². The Labute approximate surface area is 183 Å². The minimum atomic E-state index is -4.09.